The van der Waals surface area contributed by atoms with Gasteiger partial charge < -0.3 is 5.32 Å². The molecule has 8 heteroatoms. The molecule has 0 unspecified atom stereocenters. The lowest BCUT2D eigenvalue weighted by Crippen LogP contribution is -2.29. The molecule has 1 fully saturated rings. The summed E-state index contributed by atoms with van der Waals surface area (Å²) in [6.45, 7) is 5.03. The van der Waals surface area contributed by atoms with E-state index in [0.29, 0.717) is 24.3 Å². The zero-order valence-corrected chi connectivity index (χ0v) is 17.7. The van der Waals surface area contributed by atoms with Crippen LogP contribution in [0.3, 0.4) is 0 Å². The number of hydrogen-bond acceptors (Lipinski definition) is 5. The highest BCUT2D eigenvalue weighted by atomic mass is 32.1. The van der Waals surface area contributed by atoms with Crippen molar-refractivity contribution in [3.05, 3.63) is 58.0 Å². The van der Waals surface area contributed by atoms with E-state index in [1.165, 1.54) is 10.5 Å². The number of carbonyl (C=O) groups is 3. The first-order valence-corrected chi connectivity index (χ1v) is 10.7. The number of anilines is 1. The van der Waals surface area contributed by atoms with E-state index in [4.69, 9.17) is 0 Å². The van der Waals surface area contributed by atoms with Crippen LogP contribution in [0, 0.1) is 13.8 Å². The molecule has 2 aromatic heterocycles. The summed E-state index contributed by atoms with van der Waals surface area (Å²) in [5.41, 5.74) is 5.33. The molecule has 7 nitrogen and oxygen atoms in total. The highest BCUT2D eigenvalue weighted by Crippen LogP contribution is 2.28. The average molecular weight is 423 g/mol. The highest BCUT2D eigenvalue weighted by molar-refractivity contribution is 7.08. The van der Waals surface area contributed by atoms with Crippen molar-refractivity contribution in [3.63, 3.8) is 0 Å². The predicted molar refractivity (Wildman–Crippen MR) is 116 cm³/mol. The lowest BCUT2D eigenvalue weighted by Gasteiger charge is -2.14. The zero-order valence-electron chi connectivity index (χ0n) is 16.8. The van der Waals surface area contributed by atoms with Gasteiger partial charge in [0.2, 0.25) is 11.8 Å². The van der Waals surface area contributed by atoms with E-state index < -0.39 is 0 Å². The highest BCUT2D eigenvalue weighted by Gasteiger charge is 2.30. The van der Waals surface area contributed by atoms with Gasteiger partial charge in [-0.3, -0.25) is 24.0 Å². The van der Waals surface area contributed by atoms with Crippen LogP contribution >= 0.6 is 11.3 Å². The van der Waals surface area contributed by atoms with E-state index in [1.807, 2.05) is 23.9 Å². The molecule has 3 aromatic rings. The molecule has 0 spiro atoms. The van der Waals surface area contributed by atoms with Gasteiger partial charge in [0.1, 0.15) is 0 Å². The van der Waals surface area contributed by atoms with Crippen LogP contribution in [0.4, 0.5) is 5.69 Å². The summed E-state index contributed by atoms with van der Waals surface area (Å²) in [7, 11) is 0. The molecule has 1 aliphatic rings. The predicted octanol–water partition coefficient (Wildman–Crippen LogP) is 3.31. The van der Waals surface area contributed by atoms with E-state index in [-0.39, 0.29) is 30.6 Å². The number of imide groups is 1. The van der Waals surface area contributed by atoms with E-state index in [2.05, 4.69) is 21.9 Å². The SMILES string of the molecule is Cc1nn(CCNC(=O)c2ccc(N3C(=O)CCC3=O)cc2)c(C)c1-c1ccsc1. The standard InChI is InChI=1S/C22H22N4O3S/c1-14-21(17-9-12-30-13-17)15(2)25(24-14)11-10-23-22(29)16-3-5-18(6-4-16)26-19(27)7-8-20(26)28/h3-6,9,12-13H,7-8,10-11H2,1-2H3,(H,23,29). The fourth-order valence-electron chi connectivity index (χ4n) is 3.74. The molecule has 154 valence electrons. The third kappa shape index (κ3) is 3.78. The van der Waals surface area contributed by atoms with Crippen molar-refractivity contribution >= 4 is 34.7 Å². The number of nitrogens with zero attached hydrogens (tertiary/aromatic N) is 3. The number of nitrogens with one attached hydrogen (secondary N) is 1. The topological polar surface area (TPSA) is 84.3 Å². The average Bonchev–Trinajstić information content (AvgIpc) is 3.43. The Kier molecular flexibility index (Phi) is 5.50. The third-order valence-corrected chi connectivity index (χ3v) is 5.92. The Hall–Kier alpha value is -3.26. The van der Waals surface area contributed by atoms with Gasteiger partial charge in [0.05, 0.1) is 17.9 Å². The molecule has 1 aromatic carbocycles. The molecule has 1 N–H and O–H groups in total. The maximum atomic E-state index is 12.5. The number of benzene rings is 1. The molecular formula is C22H22N4O3S. The Labute approximate surface area is 178 Å². The number of amides is 3. The molecule has 0 atom stereocenters. The van der Waals surface area contributed by atoms with E-state index >= 15 is 0 Å². The Balaban J connectivity index is 1.37. The molecule has 4 rings (SSSR count). The van der Waals surface area contributed by atoms with Crippen LogP contribution in [0.15, 0.2) is 41.1 Å². The van der Waals surface area contributed by atoms with Crippen LogP contribution in [0.5, 0.6) is 0 Å². The third-order valence-electron chi connectivity index (χ3n) is 5.24. The van der Waals surface area contributed by atoms with Crippen molar-refractivity contribution in [2.75, 3.05) is 11.4 Å². The van der Waals surface area contributed by atoms with Crippen LogP contribution < -0.4 is 10.2 Å². The van der Waals surface area contributed by atoms with E-state index in [1.54, 1.807) is 35.6 Å². The fourth-order valence-corrected chi connectivity index (χ4v) is 4.39. The quantitative estimate of drug-likeness (QED) is 0.618. The number of rotatable bonds is 6. The van der Waals surface area contributed by atoms with Crippen molar-refractivity contribution < 1.29 is 14.4 Å². The Morgan fingerprint density at radius 2 is 1.80 bits per heavy atom. The monoisotopic (exact) mass is 422 g/mol. The van der Waals surface area contributed by atoms with Crippen molar-refractivity contribution in [2.45, 2.75) is 33.2 Å². The first-order chi connectivity index (χ1) is 14.5. The van der Waals surface area contributed by atoms with Gasteiger partial charge in [-0.05, 0) is 60.5 Å². The molecular weight excluding hydrogens is 400 g/mol. The normalized spacial score (nSPS) is 13.9. The van der Waals surface area contributed by atoms with Gasteiger partial charge in [0.25, 0.3) is 5.91 Å². The molecule has 1 saturated heterocycles. The summed E-state index contributed by atoms with van der Waals surface area (Å²) in [5.74, 6) is -0.618. The van der Waals surface area contributed by atoms with Gasteiger partial charge in [-0.25, -0.2) is 0 Å². The van der Waals surface area contributed by atoms with Gasteiger partial charge in [-0.15, -0.1) is 0 Å². The lowest BCUT2D eigenvalue weighted by molar-refractivity contribution is -0.121. The van der Waals surface area contributed by atoms with E-state index in [9.17, 15) is 14.4 Å². The van der Waals surface area contributed by atoms with Gasteiger partial charge in [0.15, 0.2) is 0 Å². The second-order valence-corrected chi connectivity index (χ2v) is 7.99. The van der Waals surface area contributed by atoms with Crippen molar-refractivity contribution in [1.82, 2.24) is 15.1 Å². The maximum Gasteiger partial charge on any atom is 0.251 e. The molecule has 3 amide bonds. The minimum Gasteiger partial charge on any atom is -0.350 e. The number of aromatic nitrogens is 2. The Bertz CT molecular complexity index is 1080. The summed E-state index contributed by atoms with van der Waals surface area (Å²) in [4.78, 5) is 37.3. The maximum absolute atomic E-state index is 12.5. The zero-order chi connectivity index (χ0) is 21.3. The lowest BCUT2D eigenvalue weighted by atomic mass is 10.1. The summed E-state index contributed by atoms with van der Waals surface area (Å²) >= 11 is 1.66. The molecule has 1 aliphatic heterocycles. The van der Waals surface area contributed by atoms with Gasteiger partial charge >= 0.3 is 0 Å². The molecule has 30 heavy (non-hydrogen) atoms. The van der Waals surface area contributed by atoms with Crippen molar-refractivity contribution in [2.24, 2.45) is 0 Å². The summed E-state index contributed by atoms with van der Waals surface area (Å²) in [6.07, 6.45) is 0.475. The summed E-state index contributed by atoms with van der Waals surface area (Å²) < 4.78 is 1.91. The first-order valence-electron chi connectivity index (χ1n) is 9.76. The van der Waals surface area contributed by atoms with Gasteiger partial charge in [0, 0.05) is 36.2 Å². The second kappa shape index (κ2) is 8.23. The molecule has 0 radical (unpaired) electrons. The van der Waals surface area contributed by atoms with Gasteiger partial charge in [-0.2, -0.15) is 16.4 Å². The number of hydrogen-bond donors (Lipinski definition) is 1. The van der Waals surface area contributed by atoms with Crippen LogP contribution in [0.2, 0.25) is 0 Å². The van der Waals surface area contributed by atoms with Crippen LogP contribution in [0.1, 0.15) is 34.6 Å². The summed E-state index contributed by atoms with van der Waals surface area (Å²) in [6, 6.07) is 8.60. The van der Waals surface area contributed by atoms with E-state index in [0.717, 1.165) is 17.0 Å². The minimum absolute atomic E-state index is 0.205. The Morgan fingerprint density at radius 1 is 1.10 bits per heavy atom. The van der Waals surface area contributed by atoms with Crippen LogP contribution in [-0.4, -0.2) is 34.0 Å². The van der Waals surface area contributed by atoms with Gasteiger partial charge in [-0.1, -0.05) is 0 Å². The van der Waals surface area contributed by atoms with Crippen molar-refractivity contribution in [3.8, 4) is 11.1 Å². The molecule has 0 aliphatic carbocycles. The molecule has 3 heterocycles. The molecule has 0 saturated carbocycles. The molecule has 0 bridgehead atoms. The van der Waals surface area contributed by atoms with Crippen LogP contribution in [0.25, 0.3) is 11.1 Å². The smallest absolute Gasteiger partial charge is 0.251 e. The number of thiophene rings is 1. The van der Waals surface area contributed by atoms with Crippen molar-refractivity contribution in [1.29, 1.82) is 0 Å². The van der Waals surface area contributed by atoms with Crippen LogP contribution in [-0.2, 0) is 16.1 Å². The first kappa shape index (κ1) is 20.0. The largest absolute Gasteiger partial charge is 0.350 e. The second-order valence-electron chi connectivity index (χ2n) is 7.21. The minimum atomic E-state index is -0.208. The summed E-state index contributed by atoms with van der Waals surface area (Å²) in [5, 5.41) is 11.7. The number of aryl methyl sites for hydroxylation is 1. The fraction of sp³-hybridized carbons (Fsp3) is 0.273. The number of carbonyl (C=O) groups excluding carboxylic acids is 3. The Morgan fingerprint density at radius 3 is 2.43 bits per heavy atom.